The molecule has 0 radical (unpaired) electrons. The lowest BCUT2D eigenvalue weighted by Crippen LogP contribution is -2.21. The Bertz CT molecular complexity index is 419. The van der Waals surface area contributed by atoms with Crippen molar-refractivity contribution in [3.8, 4) is 0 Å². The molecule has 1 aromatic rings. The summed E-state index contributed by atoms with van der Waals surface area (Å²) in [6, 6.07) is 8.02. The standard InChI is InChI=1S/C7H8S.CHF3O3S/c1-6-4-2-3-5-7(6)8;2-1(3,4)8(5,6)7/h2-5,8H,1H3;(H,5,6,7). The topological polar surface area (TPSA) is 54.4 Å². The van der Waals surface area contributed by atoms with Gasteiger partial charge in [-0.2, -0.15) is 21.6 Å². The third kappa shape index (κ3) is 5.38. The summed E-state index contributed by atoms with van der Waals surface area (Å²) in [5.74, 6) is 0. The van der Waals surface area contributed by atoms with E-state index in [9.17, 15) is 13.2 Å². The number of hydrogen-bond acceptors (Lipinski definition) is 3. The van der Waals surface area contributed by atoms with Gasteiger partial charge in [0.15, 0.2) is 0 Å². The van der Waals surface area contributed by atoms with Gasteiger partial charge in [0.05, 0.1) is 0 Å². The van der Waals surface area contributed by atoms with E-state index in [1.165, 1.54) is 5.56 Å². The van der Waals surface area contributed by atoms with Crippen LogP contribution in [0.4, 0.5) is 13.2 Å². The predicted octanol–water partition coefficient (Wildman–Crippen LogP) is 2.68. The van der Waals surface area contributed by atoms with E-state index in [1.54, 1.807) is 0 Å². The maximum Gasteiger partial charge on any atom is 0.522 e. The average Bonchev–Trinajstić information content (AvgIpc) is 2.08. The molecular formula is C8H9F3O3S2. The van der Waals surface area contributed by atoms with Crippen molar-refractivity contribution in [3.05, 3.63) is 29.8 Å². The molecule has 1 aromatic carbocycles. The van der Waals surface area contributed by atoms with E-state index in [4.69, 9.17) is 13.0 Å². The molecule has 3 nitrogen and oxygen atoms in total. The van der Waals surface area contributed by atoms with Crippen LogP contribution in [0, 0.1) is 6.92 Å². The first-order valence-corrected chi connectivity index (χ1v) is 5.73. The van der Waals surface area contributed by atoms with E-state index < -0.39 is 15.6 Å². The second-order valence-electron chi connectivity index (χ2n) is 2.71. The fourth-order valence-corrected chi connectivity index (χ4v) is 0.724. The van der Waals surface area contributed by atoms with Gasteiger partial charge >= 0.3 is 15.6 Å². The molecule has 0 spiro atoms. The van der Waals surface area contributed by atoms with Gasteiger partial charge in [0.1, 0.15) is 0 Å². The lowest BCUT2D eigenvalue weighted by atomic mass is 10.2. The highest BCUT2D eigenvalue weighted by atomic mass is 32.2. The Kier molecular flexibility index (Phi) is 5.30. The molecule has 0 amide bonds. The van der Waals surface area contributed by atoms with Gasteiger partial charge in [-0.15, -0.1) is 12.6 Å². The molecular weight excluding hydrogens is 265 g/mol. The largest absolute Gasteiger partial charge is 0.522 e. The quantitative estimate of drug-likeness (QED) is 0.434. The molecule has 0 atom stereocenters. The van der Waals surface area contributed by atoms with Gasteiger partial charge in [0, 0.05) is 4.90 Å². The van der Waals surface area contributed by atoms with Gasteiger partial charge in [0.25, 0.3) is 0 Å². The molecule has 0 bridgehead atoms. The van der Waals surface area contributed by atoms with Crippen molar-refractivity contribution < 1.29 is 26.1 Å². The summed E-state index contributed by atoms with van der Waals surface area (Å²) in [6.45, 7) is 2.04. The van der Waals surface area contributed by atoms with Crippen molar-refractivity contribution >= 4 is 22.7 Å². The van der Waals surface area contributed by atoms with Crippen molar-refractivity contribution in [2.75, 3.05) is 0 Å². The van der Waals surface area contributed by atoms with Crippen LogP contribution in [0.3, 0.4) is 0 Å². The second kappa shape index (κ2) is 5.55. The van der Waals surface area contributed by atoms with Crippen LogP contribution in [0.5, 0.6) is 0 Å². The van der Waals surface area contributed by atoms with Crippen LogP contribution < -0.4 is 0 Å². The molecule has 0 aliphatic heterocycles. The first kappa shape index (κ1) is 15.3. The van der Waals surface area contributed by atoms with Crippen LogP contribution in [0.15, 0.2) is 29.2 Å². The molecule has 0 unspecified atom stereocenters. The number of thiol groups is 1. The zero-order chi connectivity index (χ0) is 13.0. The highest BCUT2D eigenvalue weighted by Gasteiger charge is 2.44. The number of alkyl halides is 3. The van der Waals surface area contributed by atoms with Crippen molar-refractivity contribution in [2.24, 2.45) is 0 Å². The fourth-order valence-electron chi connectivity index (χ4n) is 0.563. The van der Waals surface area contributed by atoms with Crippen LogP contribution in [0.2, 0.25) is 0 Å². The van der Waals surface area contributed by atoms with Gasteiger partial charge in [-0.25, -0.2) is 0 Å². The first-order valence-electron chi connectivity index (χ1n) is 3.84. The first-order chi connectivity index (χ1) is 7.05. The summed E-state index contributed by atoms with van der Waals surface area (Å²) in [5, 5.41) is 0. The SMILES string of the molecule is Cc1ccccc1S.O=S(=O)(O)C(F)(F)F. The van der Waals surface area contributed by atoms with Gasteiger partial charge in [-0.1, -0.05) is 18.2 Å². The Morgan fingerprint density at radius 1 is 1.25 bits per heavy atom. The third-order valence-electron chi connectivity index (χ3n) is 1.41. The molecule has 1 rings (SSSR count). The maximum atomic E-state index is 10.7. The number of aryl methyl sites for hydroxylation is 1. The Morgan fingerprint density at radius 2 is 1.62 bits per heavy atom. The number of halogens is 3. The molecule has 8 heteroatoms. The van der Waals surface area contributed by atoms with Gasteiger partial charge in [0.2, 0.25) is 0 Å². The van der Waals surface area contributed by atoms with Crippen LogP contribution >= 0.6 is 12.6 Å². The van der Waals surface area contributed by atoms with Crippen molar-refractivity contribution in [1.82, 2.24) is 0 Å². The molecule has 0 aromatic heterocycles. The summed E-state index contributed by atoms with van der Waals surface area (Å²) in [4.78, 5) is 1.06. The molecule has 0 aliphatic carbocycles. The third-order valence-corrected chi connectivity index (χ3v) is 2.49. The van der Waals surface area contributed by atoms with E-state index in [1.807, 2.05) is 31.2 Å². The second-order valence-corrected chi connectivity index (χ2v) is 4.60. The molecule has 0 fully saturated rings. The lowest BCUT2D eigenvalue weighted by molar-refractivity contribution is -0.0510. The average molecular weight is 274 g/mol. The Balaban J connectivity index is 0.000000281. The zero-order valence-corrected chi connectivity index (χ0v) is 9.77. The minimum atomic E-state index is -5.84. The molecule has 92 valence electrons. The minimum absolute atomic E-state index is 1.06. The fraction of sp³-hybridized carbons (Fsp3) is 0.250. The Hall–Kier alpha value is -0.730. The highest BCUT2D eigenvalue weighted by Crippen LogP contribution is 2.20. The molecule has 1 N–H and O–H groups in total. The molecule has 0 heterocycles. The van der Waals surface area contributed by atoms with Crippen molar-refractivity contribution in [2.45, 2.75) is 17.3 Å². The molecule has 0 aliphatic rings. The highest BCUT2D eigenvalue weighted by molar-refractivity contribution is 7.86. The van der Waals surface area contributed by atoms with Crippen LogP contribution in [0.1, 0.15) is 5.56 Å². The predicted molar refractivity (Wildman–Crippen MR) is 56.0 cm³/mol. The number of rotatable bonds is 0. The maximum absolute atomic E-state index is 10.7. The summed E-state index contributed by atoms with van der Waals surface area (Å²) >= 11 is 4.20. The monoisotopic (exact) mass is 274 g/mol. The summed E-state index contributed by atoms with van der Waals surface area (Å²) in [5.41, 5.74) is -4.30. The summed E-state index contributed by atoms with van der Waals surface area (Å²) in [7, 11) is -5.84. The zero-order valence-electron chi connectivity index (χ0n) is 8.06. The molecule has 16 heavy (non-hydrogen) atoms. The van der Waals surface area contributed by atoms with E-state index in [0.29, 0.717) is 0 Å². The Labute approximate surface area is 96.4 Å². The van der Waals surface area contributed by atoms with E-state index in [0.717, 1.165) is 4.90 Å². The Morgan fingerprint density at radius 3 is 1.81 bits per heavy atom. The van der Waals surface area contributed by atoms with E-state index >= 15 is 0 Å². The minimum Gasteiger partial charge on any atom is -0.279 e. The molecule has 0 saturated heterocycles. The van der Waals surface area contributed by atoms with Crippen LogP contribution in [0.25, 0.3) is 0 Å². The smallest absolute Gasteiger partial charge is 0.279 e. The molecule has 0 saturated carbocycles. The van der Waals surface area contributed by atoms with Crippen molar-refractivity contribution in [1.29, 1.82) is 0 Å². The normalized spacial score (nSPS) is 11.6. The van der Waals surface area contributed by atoms with Crippen LogP contribution in [-0.4, -0.2) is 18.5 Å². The summed E-state index contributed by atoms with van der Waals surface area (Å²) in [6.07, 6.45) is 0. The van der Waals surface area contributed by atoms with Crippen molar-refractivity contribution in [3.63, 3.8) is 0 Å². The van der Waals surface area contributed by atoms with E-state index in [-0.39, 0.29) is 0 Å². The van der Waals surface area contributed by atoms with E-state index in [2.05, 4.69) is 12.6 Å². The number of benzene rings is 1. The number of hydrogen-bond donors (Lipinski definition) is 2. The van der Waals surface area contributed by atoms with Gasteiger partial charge in [-0.3, -0.25) is 4.55 Å². The van der Waals surface area contributed by atoms with Gasteiger partial charge < -0.3 is 0 Å². The van der Waals surface area contributed by atoms with Gasteiger partial charge in [-0.05, 0) is 18.6 Å². The van der Waals surface area contributed by atoms with Crippen LogP contribution in [-0.2, 0) is 10.1 Å². The summed E-state index contributed by atoms with van der Waals surface area (Å²) < 4.78 is 57.5. The lowest BCUT2D eigenvalue weighted by Gasteiger charge is -1.97.